The normalized spacial score (nSPS) is 19.7. The molecule has 0 atom stereocenters. The van der Waals surface area contributed by atoms with E-state index in [1.54, 1.807) is 7.05 Å². The topological polar surface area (TPSA) is 64.7 Å². The fourth-order valence-electron chi connectivity index (χ4n) is 4.83. The van der Waals surface area contributed by atoms with E-state index in [9.17, 15) is 9.59 Å². The molecule has 2 amide bonds. The number of hydrogen-bond acceptors (Lipinski definition) is 4. The number of carbonyl (C=O) groups excluding carboxylic acids is 2. The van der Waals surface area contributed by atoms with Crippen molar-refractivity contribution in [2.75, 3.05) is 52.9 Å². The molecule has 0 unspecified atom stereocenters. The van der Waals surface area contributed by atoms with E-state index in [1.165, 1.54) is 44.9 Å². The van der Waals surface area contributed by atoms with Gasteiger partial charge in [-0.05, 0) is 70.1 Å². The Hall–Kier alpha value is -1.14. The molecule has 0 bridgehead atoms. The summed E-state index contributed by atoms with van der Waals surface area (Å²) < 4.78 is 0. The van der Waals surface area contributed by atoms with Gasteiger partial charge in [-0.15, -0.1) is 0 Å². The lowest BCUT2D eigenvalue weighted by molar-refractivity contribution is -0.122. The van der Waals surface area contributed by atoms with Crippen LogP contribution in [0.15, 0.2) is 0 Å². The predicted molar refractivity (Wildman–Crippen MR) is 123 cm³/mol. The molecule has 2 rings (SSSR count). The van der Waals surface area contributed by atoms with E-state index in [2.05, 4.69) is 27.4 Å². The summed E-state index contributed by atoms with van der Waals surface area (Å²) in [5.74, 6) is 2.13. The highest BCUT2D eigenvalue weighted by molar-refractivity contribution is 5.76. The number of nitrogens with zero attached hydrogens (tertiary/aromatic N) is 2. The zero-order chi connectivity index (χ0) is 21.6. The van der Waals surface area contributed by atoms with Gasteiger partial charge in [0.1, 0.15) is 0 Å². The Morgan fingerprint density at radius 3 is 1.77 bits per heavy atom. The highest BCUT2D eigenvalue weighted by atomic mass is 16.2. The van der Waals surface area contributed by atoms with Crippen molar-refractivity contribution in [2.24, 2.45) is 11.8 Å². The lowest BCUT2D eigenvalue weighted by Gasteiger charge is -2.33. The Balaban J connectivity index is 1.47. The molecular weight excluding hydrogens is 376 g/mol. The molecular formula is C24H46N4O2. The summed E-state index contributed by atoms with van der Waals surface area (Å²) >= 11 is 0. The second-order valence-electron chi connectivity index (χ2n) is 9.38. The molecule has 2 aliphatic rings. The SMILES string of the molecule is CCCCNC(=O)CCN1CCC(CCCC2CCN(CCC(=O)NC)CC2)CC1. The van der Waals surface area contributed by atoms with Gasteiger partial charge in [0.2, 0.25) is 11.8 Å². The molecule has 2 fully saturated rings. The Bertz CT molecular complexity index is 484. The zero-order valence-electron chi connectivity index (χ0n) is 19.6. The second-order valence-corrected chi connectivity index (χ2v) is 9.38. The van der Waals surface area contributed by atoms with E-state index < -0.39 is 0 Å². The summed E-state index contributed by atoms with van der Waals surface area (Å²) in [4.78, 5) is 28.2. The monoisotopic (exact) mass is 422 g/mol. The summed E-state index contributed by atoms with van der Waals surface area (Å²) in [6.45, 7) is 9.45. The van der Waals surface area contributed by atoms with Gasteiger partial charge in [0.25, 0.3) is 0 Å². The minimum absolute atomic E-state index is 0.151. The first-order valence-corrected chi connectivity index (χ1v) is 12.5. The smallest absolute Gasteiger partial charge is 0.221 e. The maximum absolute atomic E-state index is 11.9. The van der Waals surface area contributed by atoms with Crippen LogP contribution in [-0.4, -0.2) is 74.5 Å². The number of amides is 2. The average Bonchev–Trinajstić information content (AvgIpc) is 2.78. The molecule has 0 aromatic carbocycles. The van der Waals surface area contributed by atoms with Crippen LogP contribution in [0.4, 0.5) is 0 Å². The van der Waals surface area contributed by atoms with Crippen molar-refractivity contribution in [1.82, 2.24) is 20.4 Å². The Morgan fingerprint density at radius 2 is 1.30 bits per heavy atom. The molecule has 30 heavy (non-hydrogen) atoms. The van der Waals surface area contributed by atoms with Gasteiger partial charge in [-0.2, -0.15) is 0 Å². The number of piperidine rings is 2. The van der Waals surface area contributed by atoms with Gasteiger partial charge in [-0.1, -0.05) is 32.6 Å². The first-order chi connectivity index (χ1) is 14.6. The van der Waals surface area contributed by atoms with Gasteiger partial charge in [0.15, 0.2) is 0 Å². The van der Waals surface area contributed by atoms with Crippen molar-refractivity contribution in [3.63, 3.8) is 0 Å². The van der Waals surface area contributed by atoms with Crippen molar-refractivity contribution < 1.29 is 9.59 Å². The van der Waals surface area contributed by atoms with Crippen LogP contribution >= 0.6 is 0 Å². The summed E-state index contributed by atoms with van der Waals surface area (Å²) in [7, 11) is 1.71. The van der Waals surface area contributed by atoms with Crippen LogP contribution in [0.2, 0.25) is 0 Å². The Labute approximate surface area is 184 Å². The van der Waals surface area contributed by atoms with E-state index in [4.69, 9.17) is 0 Å². The highest BCUT2D eigenvalue weighted by Gasteiger charge is 2.22. The lowest BCUT2D eigenvalue weighted by Crippen LogP contribution is -2.37. The van der Waals surface area contributed by atoms with Crippen molar-refractivity contribution in [3.8, 4) is 0 Å². The van der Waals surface area contributed by atoms with Gasteiger partial charge in [0.05, 0.1) is 0 Å². The molecule has 2 N–H and O–H groups in total. The first kappa shape index (κ1) is 25.1. The lowest BCUT2D eigenvalue weighted by atomic mass is 9.87. The predicted octanol–water partition coefficient (Wildman–Crippen LogP) is 3.02. The maximum atomic E-state index is 11.9. The van der Waals surface area contributed by atoms with Crippen molar-refractivity contribution in [3.05, 3.63) is 0 Å². The second kappa shape index (κ2) is 14.8. The number of nitrogens with one attached hydrogen (secondary N) is 2. The zero-order valence-corrected chi connectivity index (χ0v) is 19.6. The van der Waals surface area contributed by atoms with Crippen LogP contribution in [0, 0.1) is 11.8 Å². The fraction of sp³-hybridized carbons (Fsp3) is 0.917. The van der Waals surface area contributed by atoms with Gasteiger partial charge in [-0.25, -0.2) is 0 Å². The summed E-state index contributed by atoms with van der Waals surface area (Å²) in [6.07, 6.45) is 12.8. The molecule has 0 saturated carbocycles. The van der Waals surface area contributed by atoms with Crippen LogP contribution in [0.1, 0.15) is 77.6 Å². The molecule has 0 radical (unpaired) electrons. The van der Waals surface area contributed by atoms with Crippen molar-refractivity contribution >= 4 is 11.8 Å². The van der Waals surface area contributed by atoms with E-state index in [1.807, 2.05) is 0 Å². The van der Waals surface area contributed by atoms with Gasteiger partial charge >= 0.3 is 0 Å². The number of likely N-dealkylation sites (tertiary alicyclic amines) is 2. The quantitative estimate of drug-likeness (QED) is 0.448. The molecule has 0 spiro atoms. The summed E-state index contributed by atoms with van der Waals surface area (Å²) in [6, 6.07) is 0. The molecule has 2 aliphatic heterocycles. The number of hydrogen-bond donors (Lipinski definition) is 2. The largest absolute Gasteiger partial charge is 0.359 e. The standard InChI is InChI=1S/C24H46N4O2/c1-3-4-14-26-24(30)13-20-28-17-10-22(11-18-28)7-5-6-21-8-15-27(16-9-21)19-12-23(29)25-2/h21-22H,3-20H2,1-2H3,(H,25,29)(H,26,30). The minimum Gasteiger partial charge on any atom is -0.359 e. The molecule has 0 aliphatic carbocycles. The van der Waals surface area contributed by atoms with E-state index in [0.717, 1.165) is 70.5 Å². The van der Waals surface area contributed by atoms with Crippen LogP contribution in [0.5, 0.6) is 0 Å². The molecule has 0 aromatic heterocycles. The van der Waals surface area contributed by atoms with Crippen molar-refractivity contribution in [2.45, 2.75) is 77.6 Å². The molecule has 0 aromatic rings. The number of rotatable bonds is 13. The van der Waals surface area contributed by atoms with Gasteiger partial charge in [-0.3, -0.25) is 9.59 Å². The average molecular weight is 423 g/mol. The molecule has 2 saturated heterocycles. The molecule has 6 heteroatoms. The van der Waals surface area contributed by atoms with E-state index in [-0.39, 0.29) is 11.8 Å². The van der Waals surface area contributed by atoms with E-state index in [0.29, 0.717) is 12.8 Å². The van der Waals surface area contributed by atoms with Crippen LogP contribution in [0.3, 0.4) is 0 Å². The third-order valence-electron chi connectivity index (χ3n) is 7.08. The molecule has 2 heterocycles. The van der Waals surface area contributed by atoms with Gasteiger partial charge in [0, 0.05) is 39.5 Å². The number of carbonyl (C=O) groups is 2. The summed E-state index contributed by atoms with van der Waals surface area (Å²) in [5, 5.41) is 5.73. The number of unbranched alkanes of at least 4 members (excludes halogenated alkanes) is 1. The molecule has 6 nitrogen and oxygen atoms in total. The minimum atomic E-state index is 0.151. The van der Waals surface area contributed by atoms with E-state index >= 15 is 0 Å². The Kier molecular flexibility index (Phi) is 12.4. The van der Waals surface area contributed by atoms with Crippen LogP contribution in [-0.2, 0) is 9.59 Å². The fourth-order valence-corrected chi connectivity index (χ4v) is 4.83. The van der Waals surface area contributed by atoms with Crippen LogP contribution in [0.25, 0.3) is 0 Å². The summed E-state index contributed by atoms with van der Waals surface area (Å²) in [5.41, 5.74) is 0. The highest BCUT2D eigenvalue weighted by Crippen LogP contribution is 2.27. The van der Waals surface area contributed by atoms with Crippen molar-refractivity contribution in [1.29, 1.82) is 0 Å². The van der Waals surface area contributed by atoms with Crippen LogP contribution < -0.4 is 10.6 Å². The Morgan fingerprint density at radius 1 is 0.800 bits per heavy atom. The third kappa shape index (κ3) is 10.3. The first-order valence-electron chi connectivity index (χ1n) is 12.5. The van der Waals surface area contributed by atoms with Gasteiger partial charge < -0.3 is 20.4 Å². The third-order valence-corrected chi connectivity index (χ3v) is 7.08. The maximum Gasteiger partial charge on any atom is 0.221 e. The molecule has 174 valence electrons.